The fourth-order valence-corrected chi connectivity index (χ4v) is 3.10. The first kappa shape index (κ1) is 13.2. The van der Waals surface area contributed by atoms with Gasteiger partial charge in [-0.05, 0) is 24.5 Å². The van der Waals surface area contributed by atoms with Crippen molar-refractivity contribution >= 4 is 17.0 Å². The van der Waals surface area contributed by atoms with Crippen molar-refractivity contribution in [2.45, 2.75) is 38.1 Å². The molecule has 0 amide bonds. The average Bonchev–Trinajstić information content (AvgIpc) is 3.26. The molecule has 1 aliphatic carbocycles. The first-order valence-electron chi connectivity index (χ1n) is 7.72. The number of rotatable bonds is 4. The molecule has 0 saturated heterocycles. The summed E-state index contributed by atoms with van der Waals surface area (Å²) in [4.78, 5) is 8.99. The third kappa shape index (κ3) is 2.43. The molecule has 3 heterocycles. The van der Waals surface area contributed by atoms with Gasteiger partial charge in [0.2, 0.25) is 5.95 Å². The number of hydrogen-bond donors (Lipinski definition) is 2. The summed E-state index contributed by atoms with van der Waals surface area (Å²) in [5, 5.41) is 15.8. The fraction of sp³-hybridized carbons (Fsp3) is 0.467. The molecule has 0 aliphatic heterocycles. The van der Waals surface area contributed by atoms with Crippen LogP contribution in [0.3, 0.4) is 0 Å². The van der Waals surface area contributed by atoms with Gasteiger partial charge in [-0.2, -0.15) is 10.1 Å². The highest BCUT2D eigenvalue weighted by Gasteiger charge is 2.20. The molecule has 0 aromatic carbocycles. The van der Waals surface area contributed by atoms with Crippen molar-refractivity contribution in [2.75, 3.05) is 5.32 Å². The van der Waals surface area contributed by atoms with Gasteiger partial charge in [-0.1, -0.05) is 12.8 Å². The number of aryl methyl sites for hydroxylation is 1. The van der Waals surface area contributed by atoms with Crippen molar-refractivity contribution in [3.05, 3.63) is 29.8 Å². The lowest BCUT2D eigenvalue weighted by atomic mass is 10.1. The Bertz CT molecular complexity index is 782. The second-order valence-corrected chi connectivity index (χ2v) is 5.90. The van der Waals surface area contributed by atoms with Crippen LogP contribution >= 0.6 is 0 Å². The van der Waals surface area contributed by atoms with E-state index >= 15 is 0 Å². The monoisotopic (exact) mass is 297 g/mol. The quantitative estimate of drug-likeness (QED) is 0.772. The highest BCUT2D eigenvalue weighted by molar-refractivity contribution is 5.74. The average molecular weight is 297 g/mol. The molecule has 3 aromatic rings. The summed E-state index contributed by atoms with van der Waals surface area (Å²) in [6.07, 6.45) is 8.72. The third-order valence-electron chi connectivity index (χ3n) is 4.32. The molecule has 22 heavy (non-hydrogen) atoms. The van der Waals surface area contributed by atoms with Crippen LogP contribution < -0.4 is 5.32 Å². The molecule has 2 N–H and O–H groups in total. The van der Waals surface area contributed by atoms with E-state index < -0.39 is 0 Å². The van der Waals surface area contributed by atoms with E-state index in [1.807, 2.05) is 19.4 Å². The van der Waals surface area contributed by atoms with Crippen molar-refractivity contribution in [3.63, 3.8) is 0 Å². The molecule has 0 unspecified atom stereocenters. The lowest BCUT2D eigenvalue weighted by Gasteiger charge is -2.03. The number of nitrogens with zero attached hydrogens (tertiary/aromatic N) is 5. The molecule has 3 aromatic heterocycles. The van der Waals surface area contributed by atoms with E-state index in [2.05, 4.69) is 36.6 Å². The van der Waals surface area contributed by atoms with Crippen LogP contribution in [0.1, 0.15) is 43.0 Å². The van der Waals surface area contributed by atoms with E-state index in [-0.39, 0.29) is 0 Å². The molecule has 0 spiro atoms. The maximum atomic E-state index is 4.56. The van der Waals surface area contributed by atoms with E-state index in [0.717, 1.165) is 22.4 Å². The smallest absolute Gasteiger partial charge is 0.242 e. The van der Waals surface area contributed by atoms with Gasteiger partial charge in [-0.15, -0.1) is 5.10 Å². The van der Waals surface area contributed by atoms with Crippen LogP contribution in [-0.2, 0) is 13.6 Å². The standard InChI is InChI=1S/C15H19N7/c1-22-14-12(9-18-22)6-10(7-16-14)8-17-15-19-13(20-21-15)11-4-2-3-5-11/h6-7,9,11H,2-5,8H2,1H3,(H2,17,19,20,21). The Balaban J connectivity index is 1.44. The number of aromatic amines is 1. The van der Waals surface area contributed by atoms with Crippen LogP contribution in [0.25, 0.3) is 11.0 Å². The Morgan fingerprint density at radius 2 is 2.18 bits per heavy atom. The van der Waals surface area contributed by atoms with Crippen molar-refractivity contribution in [1.29, 1.82) is 0 Å². The van der Waals surface area contributed by atoms with Crippen molar-refractivity contribution < 1.29 is 0 Å². The molecule has 4 rings (SSSR count). The minimum absolute atomic E-state index is 0.552. The van der Waals surface area contributed by atoms with Crippen LogP contribution in [0.4, 0.5) is 5.95 Å². The first-order valence-corrected chi connectivity index (χ1v) is 7.72. The first-order chi connectivity index (χ1) is 10.8. The number of anilines is 1. The van der Waals surface area contributed by atoms with Crippen LogP contribution in [-0.4, -0.2) is 29.9 Å². The van der Waals surface area contributed by atoms with Crippen molar-refractivity contribution in [2.24, 2.45) is 7.05 Å². The van der Waals surface area contributed by atoms with Crippen molar-refractivity contribution in [3.8, 4) is 0 Å². The zero-order valence-electron chi connectivity index (χ0n) is 12.6. The summed E-state index contributed by atoms with van der Waals surface area (Å²) >= 11 is 0. The molecule has 1 fully saturated rings. The lowest BCUT2D eigenvalue weighted by Crippen LogP contribution is -2.02. The molecular formula is C15H19N7. The molecule has 7 nitrogen and oxygen atoms in total. The predicted molar refractivity (Wildman–Crippen MR) is 83.4 cm³/mol. The second-order valence-electron chi connectivity index (χ2n) is 5.90. The molecule has 0 bridgehead atoms. The SMILES string of the molecule is Cn1ncc2cc(CNc3n[nH]c(C4CCCC4)n3)cnc21. The van der Waals surface area contributed by atoms with Gasteiger partial charge in [0.25, 0.3) is 0 Å². The van der Waals surface area contributed by atoms with Crippen LogP contribution in [0.15, 0.2) is 18.5 Å². The zero-order chi connectivity index (χ0) is 14.9. The number of pyridine rings is 1. The molecule has 7 heteroatoms. The van der Waals surface area contributed by atoms with E-state index in [9.17, 15) is 0 Å². The number of H-pyrrole nitrogens is 1. The van der Waals surface area contributed by atoms with Gasteiger partial charge in [0, 0.05) is 31.1 Å². The number of fused-ring (bicyclic) bond motifs is 1. The van der Waals surface area contributed by atoms with E-state index in [4.69, 9.17) is 0 Å². The minimum atomic E-state index is 0.552. The molecule has 1 aliphatic rings. The summed E-state index contributed by atoms with van der Waals surface area (Å²) in [7, 11) is 1.89. The van der Waals surface area contributed by atoms with Gasteiger partial charge < -0.3 is 5.32 Å². The van der Waals surface area contributed by atoms with Gasteiger partial charge >= 0.3 is 0 Å². The van der Waals surface area contributed by atoms with E-state index in [1.54, 1.807) is 4.68 Å². The minimum Gasteiger partial charge on any atom is -0.349 e. The lowest BCUT2D eigenvalue weighted by molar-refractivity contribution is 0.672. The predicted octanol–water partition coefficient (Wildman–Crippen LogP) is 2.36. The Hall–Kier alpha value is -2.44. The highest BCUT2D eigenvalue weighted by Crippen LogP contribution is 2.32. The fourth-order valence-electron chi connectivity index (χ4n) is 3.10. The largest absolute Gasteiger partial charge is 0.349 e. The van der Waals surface area contributed by atoms with Gasteiger partial charge in [0.1, 0.15) is 5.82 Å². The summed E-state index contributed by atoms with van der Waals surface area (Å²) < 4.78 is 1.77. The number of aromatic nitrogens is 6. The van der Waals surface area contributed by atoms with Crippen molar-refractivity contribution in [1.82, 2.24) is 29.9 Å². The van der Waals surface area contributed by atoms with Gasteiger partial charge in [0.05, 0.1) is 6.20 Å². The topological polar surface area (TPSA) is 84.3 Å². The van der Waals surface area contributed by atoms with Gasteiger partial charge in [-0.3, -0.25) is 9.78 Å². The normalized spacial score (nSPS) is 15.7. The Labute approximate surface area is 128 Å². The Morgan fingerprint density at radius 3 is 3.05 bits per heavy atom. The van der Waals surface area contributed by atoms with E-state index in [1.165, 1.54) is 25.7 Å². The molecule has 0 radical (unpaired) electrons. The maximum absolute atomic E-state index is 4.56. The summed E-state index contributed by atoms with van der Waals surface area (Å²) in [5.74, 6) is 2.23. The third-order valence-corrected chi connectivity index (χ3v) is 4.32. The zero-order valence-corrected chi connectivity index (χ0v) is 12.6. The molecule has 1 saturated carbocycles. The van der Waals surface area contributed by atoms with Gasteiger partial charge in [0.15, 0.2) is 5.65 Å². The summed E-state index contributed by atoms with van der Waals surface area (Å²) in [6.45, 7) is 0.653. The van der Waals surface area contributed by atoms with Crippen LogP contribution in [0.5, 0.6) is 0 Å². The summed E-state index contributed by atoms with van der Waals surface area (Å²) in [6, 6.07) is 2.09. The molecule has 114 valence electrons. The Kier molecular flexibility index (Phi) is 3.25. The molecule has 0 atom stereocenters. The second kappa shape index (κ2) is 5.40. The number of nitrogens with one attached hydrogen (secondary N) is 2. The highest BCUT2D eigenvalue weighted by atomic mass is 15.3. The summed E-state index contributed by atoms with van der Waals surface area (Å²) in [5.41, 5.74) is 1.98. The Morgan fingerprint density at radius 1 is 1.32 bits per heavy atom. The van der Waals surface area contributed by atoms with Crippen LogP contribution in [0, 0.1) is 0 Å². The van der Waals surface area contributed by atoms with Crippen LogP contribution in [0.2, 0.25) is 0 Å². The maximum Gasteiger partial charge on any atom is 0.242 e. The van der Waals surface area contributed by atoms with E-state index in [0.29, 0.717) is 18.4 Å². The number of hydrogen-bond acceptors (Lipinski definition) is 5. The molecular weight excluding hydrogens is 278 g/mol. The van der Waals surface area contributed by atoms with Gasteiger partial charge in [-0.25, -0.2) is 4.98 Å².